The molecule has 0 fully saturated rings. The number of allylic oxidation sites excluding steroid dienone is 2. The van der Waals surface area contributed by atoms with Crippen molar-refractivity contribution in [1.29, 1.82) is 0 Å². The van der Waals surface area contributed by atoms with E-state index in [1.54, 1.807) is 0 Å². The normalized spacial score (nSPS) is 19.7. The van der Waals surface area contributed by atoms with Gasteiger partial charge in [0.05, 0.1) is 0 Å². The van der Waals surface area contributed by atoms with Gasteiger partial charge in [-0.1, -0.05) is 18.9 Å². The quantitative estimate of drug-likeness (QED) is 0.579. The van der Waals surface area contributed by atoms with Crippen molar-refractivity contribution in [3.05, 3.63) is 11.8 Å². The molecule has 5 heteroatoms. The van der Waals surface area contributed by atoms with Gasteiger partial charge in [-0.2, -0.15) is 5.06 Å². The Hall–Kier alpha value is -1.36. The van der Waals surface area contributed by atoms with Crippen LogP contribution in [0.25, 0.3) is 0 Å². The number of carbonyl (C=O) groups is 2. The molecule has 0 aromatic carbocycles. The van der Waals surface area contributed by atoms with Crippen molar-refractivity contribution in [3.63, 3.8) is 0 Å². The fraction of sp³-hybridized carbons (Fsp3) is 0.667. The van der Waals surface area contributed by atoms with Crippen molar-refractivity contribution < 1.29 is 14.8 Å². The molecule has 0 unspecified atom stereocenters. The molecule has 0 atom stereocenters. The number of hydroxylamine groups is 2. The SMILES string of the molecule is NC(=O)CCC(=O)N(O)/C1=C/CCCCCC1. The summed E-state index contributed by atoms with van der Waals surface area (Å²) in [5.41, 5.74) is 5.61. The topological polar surface area (TPSA) is 83.6 Å². The van der Waals surface area contributed by atoms with Crippen LogP contribution in [0.15, 0.2) is 11.8 Å². The number of hydrogen-bond acceptors (Lipinski definition) is 3. The van der Waals surface area contributed by atoms with Gasteiger partial charge in [0.25, 0.3) is 5.91 Å². The third kappa shape index (κ3) is 4.99. The second-order valence-corrected chi connectivity index (χ2v) is 4.32. The summed E-state index contributed by atoms with van der Waals surface area (Å²) in [5.74, 6) is -0.992. The molecule has 0 bridgehead atoms. The summed E-state index contributed by atoms with van der Waals surface area (Å²) >= 11 is 0. The van der Waals surface area contributed by atoms with E-state index in [4.69, 9.17) is 5.73 Å². The highest BCUT2D eigenvalue weighted by Gasteiger charge is 2.16. The average molecular weight is 240 g/mol. The molecule has 96 valence electrons. The highest BCUT2D eigenvalue weighted by Crippen LogP contribution is 2.19. The third-order valence-electron chi connectivity index (χ3n) is 2.86. The van der Waals surface area contributed by atoms with E-state index in [2.05, 4.69) is 0 Å². The first-order valence-corrected chi connectivity index (χ1v) is 6.10. The van der Waals surface area contributed by atoms with E-state index in [0.29, 0.717) is 17.2 Å². The summed E-state index contributed by atoms with van der Waals surface area (Å²) in [5, 5.41) is 10.4. The Bertz CT molecular complexity index is 313. The number of nitrogens with zero attached hydrogens (tertiary/aromatic N) is 1. The van der Waals surface area contributed by atoms with E-state index in [9.17, 15) is 14.8 Å². The number of primary amides is 1. The maximum atomic E-state index is 11.6. The maximum Gasteiger partial charge on any atom is 0.250 e. The number of rotatable bonds is 4. The van der Waals surface area contributed by atoms with Gasteiger partial charge >= 0.3 is 0 Å². The van der Waals surface area contributed by atoms with Crippen molar-refractivity contribution in [3.8, 4) is 0 Å². The van der Waals surface area contributed by atoms with Crippen LogP contribution in [0.2, 0.25) is 0 Å². The molecule has 0 spiro atoms. The Balaban J connectivity index is 2.50. The zero-order valence-electron chi connectivity index (χ0n) is 10.0. The van der Waals surface area contributed by atoms with Gasteiger partial charge in [0.1, 0.15) is 0 Å². The van der Waals surface area contributed by atoms with Gasteiger partial charge in [0, 0.05) is 18.5 Å². The molecule has 0 radical (unpaired) electrons. The van der Waals surface area contributed by atoms with Gasteiger partial charge in [-0.05, 0) is 25.7 Å². The number of amides is 2. The van der Waals surface area contributed by atoms with Gasteiger partial charge < -0.3 is 5.73 Å². The molecule has 1 rings (SSSR count). The summed E-state index contributed by atoms with van der Waals surface area (Å²) in [6, 6.07) is 0. The van der Waals surface area contributed by atoms with Crippen molar-refractivity contribution in [2.75, 3.05) is 0 Å². The van der Waals surface area contributed by atoms with Gasteiger partial charge in [-0.15, -0.1) is 0 Å². The lowest BCUT2D eigenvalue weighted by Crippen LogP contribution is -2.28. The molecule has 1 aliphatic rings. The molecular weight excluding hydrogens is 220 g/mol. The smallest absolute Gasteiger partial charge is 0.250 e. The van der Waals surface area contributed by atoms with Crippen LogP contribution in [0.5, 0.6) is 0 Å². The molecule has 0 heterocycles. The van der Waals surface area contributed by atoms with Crippen LogP contribution in [-0.2, 0) is 9.59 Å². The van der Waals surface area contributed by atoms with Gasteiger partial charge in [0.2, 0.25) is 5.91 Å². The summed E-state index contributed by atoms with van der Waals surface area (Å²) < 4.78 is 0. The monoisotopic (exact) mass is 240 g/mol. The fourth-order valence-electron chi connectivity index (χ4n) is 1.86. The van der Waals surface area contributed by atoms with Crippen molar-refractivity contribution in [2.45, 2.75) is 51.4 Å². The highest BCUT2D eigenvalue weighted by molar-refractivity contribution is 5.83. The average Bonchev–Trinajstić information content (AvgIpc) is 2.24. The Morgan fingerprint density at radius 2 is 1.94 bits per heavy atom. The molecule has 17 heavy (non-hydrogen) atoms. The second-order valence-electron chi connectivity index (χ2n) is 4.32. The zero-order chi connectivity index (χ0) is 12.7. The maximum absolute atomic E-state index is 11.6. The Morgan fingerprint density at radius 3 is 2.65 bits per heavy atom. The predicted molar refractivity (Wildman–Crippen MR) is 62.8 cm³/mol. The van der Waals surface area contributed by atoms with Crippen LogP contribution in [0.1, 0.15) is 51.4 Å². The van der Waals surface area contributed by atoms with E-state index < -0.39 is 11.8 Å². The lowest BCUT2D eigenvalue weighted by molar-refractivity contribution is -0.158. The summed E-state index contributed by atoms with van der Waals surface area (Å²) in [7, 11) is 0. The predicted octanol–water partition coefficient (Wildman–Crippen LogP) is 1.71. The molecule has 5 nitrogen and oxygen atoms in total. The molecule has 0 aliphatic heterocycles. The minimum Gasteiger partial charge on any atom is -0.370 e. The summed E-state index contributed by atoms with van der Waals surface area (Å²) in [6.45, 7) is 0. The first-order chi connectivity index (χ1) is 8.11. The number of nitrogens with two attached hydrogens (primary N) is 1. The molecule has 0 saturated heterocycles. The first-order valence-electron chi connectivity index (χ1n) is 6.10. The zero-order valence-corrected chi connectivity index (χ0v) is 10.0. The lowest BCUT2D eigenvalue weighted by atomic mass is 10.0. The van der Waals surface area contributed by atoms with E-state index in [1.165, 1.54) is 6.42 Å². The van der Waals surface area contributed by atoms with E-state index in [0.717, 1.165) is 25.7 Å². The lowest BCUT2D eigenvalue weighted by Gasteiger charge is -2.20. The number of carbonyl (C=O) groups excluding carboxylic acids is 2. The van der Waals surface area contributed by atoms with Crippen LogP contribution in [-0.4, -0.2) is 22.1 Å². The fourth-order valence-corrected chi connectivity index (χ4v) is 1.86. The Labute approximate surface area is 101 Å². The van der Waals surface area contributed by atoms with Crippen LogP contribution in [0.4, 0.5) is 0 Å². The summed E-state index contributed by atoms with van der Waals surface area (Å²) in [6.07, 6.45) is 7.83. The van der Waals surface area contributed by atoms with Crippen LogP contribution >= 0.6 is 0 Å². The van der Waals surface area contributed by atoms with Crippen LogP contribution in [0.3, 0.4) is 0 Å². The molecule has 1 aliphatic carbocycles. The molecule has 0 aromatic rings. The third-order valence-corrected chi connectivity index (χ3v) is 2.86. The van der Waals surface area contributed by atoms with Gasteiger partial charge in [0.15, 0.2) is 0 Å². The minimum absolute atomic E-state index is 0.0246. The Kier molecular flexibility index (Phi) is 5.69. The first kappa shape index (κ1) is 13.7. The van der Waals surface area contributed by atoms with Gasteiger partial charge in [-0.3, -0.25) is 14.8 Å². The number of hydrogen-bond donors (Lipinski definition) is 2. The van der Waals surface area contributed by atoms with Crippen LogP contribution < -0.4 is 5.73 Å². The second kappa shape index (κ2) is 7.06. The standard InChI is InChI=1S/C12H20N2O3/c13-11(15)8-9-12(16)14(17)10-6-4-2-1-3-5-7-10/h6,17H,1-5,7-9H2,(H2,13,15)/b10-6+. The molecular formula is C12H20N2O3. The molecule has 0 aromatic heterocycles. The van der Waals surface area contributed by atoms with E-state index >= 15 is 0 Å². The van der Waals surface area contributed by atoms with Crippen LogP contribution in [0, 0.1) is 0 Å². The van der Waals surface area contributed by atoms with Crippen molar-refractivity contribution >= 4 is 11.8 Å². The largest absolute Gasteiger partial charge is 0.370 e. The van der Waals surface area contributed by atoms with Gasteiger partial charge in [-0.25, -0.2) is 0 Å². The van der Waals surface area contributed by atoms with Crippen molar-refractivity contribution in [2.24, 2.45) is 5.73 Å². The van der Waals surface area contributed by atoms with E-state index in [1.807, 2.05) is 6.08 Å². The van der Waals surface area contributed by atoms with E-state index in [-0.39, 0.29) is 12.8 Å². The van der Waals surface area contributed by atoms with Crippen molar-refractivity contribution in [1.82, 2.24) is 5.06 Å². The molecule has 2 amide bonds. The summed E-state index contributed by atoms with van der Waals surface area (Å²) in [4.78, 5) is 22.1. The Morgan fingerprint density at radius 1 is 1.24 bits per heavy atom. The molecule has 0 saturated carbocycles. The highest BCUT2D eigenvalue weighted by atomic mass is 16.5. The minimum atomic E-state index is -0.529. The molecule has 3 N–H and O–H groups in total.